The van der Waals surface area contributed by atoms with Crippen LogP contribution in [0.3, 0.4) is 0 Å². The molecule has 6 heteroatoms. The maximum Gasteiger partial charge on any atom is 0.243 e. The second-order valence-corrected chi connectivity index (χ2v) is 5.87. The number of carbonyl (C=O) groups is 2. The fourth-order valence-electron chi connectivity index (χ4n) is 2.69. The molecule has 2 aromatic rings. The Balaban J connectivity index is 1.80. The van der Waals surface area contributed by atoms with Crippen molar-refractivity contribution in [2.75, 3.05) is 11.4 Å². The number of ether oxygens (including phenoxy) is 1. The third kappa shape index (κ3) is 3.96. The molecular weight excluding hydrogens is 318 g/mol. The van der Waals surface area contributed by atoms with E-state index in [2.05, 4.69) is 10.3 Å². The predicted octanol–water partition coefficient (Wildman–Crippen LogP) is 3.03. The van der Waals surface area contributed by atoms with Gasteiger partial charge in [0.1, 0.15) is 11.4 Å². The summed E-state index contributed by atoms with van der Waals surface area (Å²) < 4.78 is 5.88. The van der Waals surface area contributed by atoms with E-state index in [0.717, 1.165) is 12.0 Å². The van der Waals surface area contributed by atoms with Crippen LogP contribution in [0.15, 0.2) is 42.6 Å². The van der Waals surface area contributed by atoms with Gasteiger partial charge < -0.3 is 15.0 Å². The average molecular weight is 339 g/mol. The molecule has 0 radical (unpaired) electrons. The molecule has 1 aliphatic heterocycles. The van der Waals surface area contributed by atoms with Crippen LogP contribution in [0.5, 0.6) is 11.6 Å². The van der Waals surface area contributed by atoms with Crippen molar-refractivity contribution in [1.29, 1.82) is 0 Å². The van der Waals surface area contributed by atoms with Crippen LogP contribution in [0.1, 0.15) is 31.7 Å². The molecule has 0 spiro atoms. The Morgan fingerprint density at radius 2 is 2.04 bits per heavy atom. The Morgan fingerprint density at radius 1 is 1.20 bits per heavy atom. The number of carbonyl (C=O) groups excluding carboxylic acids is 2. The van der Waals surface area contributed by atoms with E-state index in [9.17, 15) is 9.59 Å². The second kappa shape index (κ2) is 7.79. The van der Waals surface area contributed by atoms with Crippen molar-refractivity contribution in [3.63, 3.8) is 0 Å². The highest BCUT2D eigenvalue weighted by Gasteiger charge is 2.26. The van der Waals surface area contributed by atoms with E-state index < -0.39 is 0 Å². The molecule has 0 bridgehead atoms. The van der Waals surface area contributed by atoms with Crippen LogP contribution in [0.25, 0.3) is 0 Å². The zero-order chi connectivity index (χ0) is 17.6. The van der Waals surface area contributed by atoms with Crippen molar-refractivity contribution in [3.05, 3.63) is 48.2 Å². The van der Waals surface area contributed by atoms with E-state index >= 15 is 0 Å². The lowest BCUT2D eigenvalue weighted by atomic mass is 10.1. The standard InChI is InChI=1S/C19H21N3O3/c1-2-11-20-17(23)9-10-18(24)22-13-14-6-3-4-8-16(14)25-19-15(22)7-5-12-21-19/h3-8,12H,2,9-11,13H2,1H3,(H,20,23). The van der Waals surface area contributed by atoms with Gasteiger partial charge in [-0.2, -0.15) is 0 Å². The zero-order valence-corrected chi connectivity index (χ0v) is 14.2. The number of para-hydroxylation sites is 1. The summed E-state index contributed by atoms with van der Waals surface area (Å²) in [6, 6.07) is 11.2. The SMILES string of the molecule is CCCNC(=O)CCC(=O)N1Cc2ccccc2Oc2ncccc21. The first-order chi connectivity index (χ1) is 12.2. The lowest BCUT2D eigenvalue weighted by Crippen LogP contribution is -2.32. The summed E-state index contributed by atoms with van der Waals surface area (Å²) >= 11 is 0. The highest BCUT2D eigenvalue weighted by Crippen LogP contribution is 2.37. The first kappa shape index (κ1) is 17.0. The Hall–Kier alpha value is -2.89. The largest absolute Gasteiger partial charge is 0.437 e. The summed E-state index contributed by atoms with van der Waals surface area (Å²) in [4.78, 5) is 30.4. The molecule has 6 nitrogen and oxygen atoms in total. The number of anilines is 1. The molecule has 0 aliphatic carbocycles. The maximum absolute atomic E-state index is 12.8. The number of nitrogens with one attached hydrogen (secondary N) is 1. The van der Waals surface area contributed by atoms with Crippen molar-refractivity contribution in [3.8, 4) is 11.6 Å². The lowest BCUT2D eigenvalue weighted by Gasteiger charge is -2.21. The number of hydrogen-bond acceptors (Lipinski definition) is 4. The Bertz CT molecular complexity index is 776. The molecule has 1 aromatic carbocycles. The predicted molar refractivity (Wildman–Crippen MR) is 94.5 cm³/mol. The number of hydrogen-bond donors (Lipinski definition) is 1. The van der Waals surface area contributed by atoms with E-state index in [-0.39, 0.29) is 24.7 Å². The summed E-state index contributed by atoms with van der Waals surface area (Å²) in [6.45, 7) is 3.01. The van der Waals surface area contributed by atoms with Gasteiger partial charge in [-0.05, 0) is 24.6 Å². The number of amides is 2. The van der Waals surface area contributed by atoms with Crippen LogP contribution in [-0.4, -0.2) is 23.3 Å². The molecule has 0 saturated carbocycles. The van der Waals surface area contributed by atoms with Crippen molar-refractivity contribution < 1.29 is 14.3 Å². The molecule has 25 heavy (non-hydrogen) atoms. The van der Waals surface area contributed by atoms with Crippen LogP contribution >= 0.6 is 0 Å². The molecule has 1 aliphatic rings. The number of nitrogens with zero attached hydrogens (tertiary/aromatic N) is 2. The third-order valence-corrected chi connectivity index (χ3v) is 3.99. The molecule has 0 unspecified atom stereocenters. The molecule has 1 N–H and O–H groups in total. The van der Waals surface area contributed by atoms with Crippen LogP contribution in [0, 0.1) is 0 Å². The molecule has 0 saturated heterocycles. The minimum atomic E-state index is -0.124. The van der Waals surface area contributed by atoms with Crippen molar-refractivity contribution in [1.82, 2.24) is 10.3 Å². The first-order valence-corrected chi connectivity index (χ1v) is 8.47. The quantitative estimate of drug-likeness (QED) is 0.909. The number of pyridine rings is 1. The van der Waals surface area contributed by atoms with Crippen molar-refractivity contribution in [2.24, 2.45) is 0 Å². The number of rotatable bonds is 5. The second-order valence-electron chi connectivity index (χ2n) is 5.87. The van der Waals surface area contributed by atoms with E-state index in [1.54, 1.807) is 17.2 Å². The van der Waals surface area contributed by atoms with Gasteiger partial charge in [0, 0.05) is 31.1 Å². The first-order valence-electron chi connectivity index (χ1n) is 8.47. The number of aromatic nitrogens is 1. The van der Waals surface area contributed by atoms with Gasteiger partial charge in [-0.15, -0.1) is 0 Å². The van der Waals surface area contributed by atoms with Gasteiger partial charge in [-0.3, -0.25) is 9.59 Å². The zero-order valence-electron chi connectivity index (χ0n) is 14.2. The monoisotopic (exact) mass is 339 g/mol. The van der Waals surface area contributed by atoms with Crippen LogP contribution in [0.4, 0.5) is 5.69 Å². The molecule has 2 heterocycles. The molecular formula is C19H21N3O3. The molecule has 130 valence electrons. The maximum atomic E-state index is 12.8. The van der Waals surface area contributed by atoms with Gasteiger partial charge in [0.2, 0.25) is 17.7 Å². The normalized spacial score (nSPS) is 12.4. The average Bonchev–Trinajstić information content (AvgIpc) is 2.81. The number of benzene rings is 1. The van der Waals surface area contributed by atoms with Gasteiger partial charge >= 0.3 is 0 Å². The van der Waals surface area contributed by atoms with E-state index in [0.29, 0.717) is 30.4 Å². The molecule has 0 atom stereocenters. The summed E-state index contributed by atoms with van der Waals surface area (Å²) in [6.07, 6.45) is 2.83. The van der Waals surface area contributed by atoms with Gasteiger partial charge in [0.05, 0.1) is 6.54 Å². The van der Waals surface area contributed by atoms with Crippen LogP contribution < -0.4 is 15.0 Å². The molecule has 0 fully saturated rings. The van der Waals surface area contributed by atoms with E-state index in [1.807, 2.05) is 37.3 Å². The summed E-state index contributed by atoms with van der Waals surface area (Å²) in [5, 5.41) is 2.79. The van der Waals surface area contributed by atoms with Gasteiger partial charge in [-0.25, -0.2) is 4.98 Å². The lowest BCUT2D eigenvalue weighted by molar-refractivity contribution is -0.125. The Morgan fingerprint density at radius 3 is 2.88 bits per heavy atom. The van der Waals surface area contributed by atoms with Gasteiger partial charge in [0.25, 0.3) is 0 Å². The molecule has 1 aromatic heterocycles. The topological polar surface area (TPSA) is 71.5 Å². The van der Waals surface area contributed by atoms with Gasteiger partial charge in [0.15, 0.2) is 0 Å². The molecule has 3 rings (SSSR count). The smallest absolute Gasteiger partial charge is 0.243 e. The third-order valence-electron chi connectivity index (χ3n) is 3.99. The fraction of sp³-hybridized carbons (Fsp3) is 0.316. The molecule has 2 amide bonds. The van der Waals surface area contributed by atoms with Gasteiger partial charge in [-0.1, -0.05) is 25.1 Å². The Labute approximate surface area is 146 Å². The van der Waals surface area contributed by atoms with Crippen molar-refractivity contribution in [2.45, 2.75) is 32.7 Å². The van der Waals surface area contributed by atoms with E-state index in [4.69, 9.17) is 4.74 Å². The minimum absolute atomic E-state index is 0.104. The summed E-state index contributed by atoms with van der Waals surface area (Å²) in [7, 11) is 0. The highest BCUT2D eigenvalue weighted by atomic mass is 16.5. The highest BCUT2D eigenvalue weighted by molar-refractivity contribution is 5.96. The minimum Gasteiger partial charge on any atom is -0.437 e. The number of fused-ring (bicyclic) bond motifs is 2. The fourth-order valence-corrected chi connectivity index (χ4v) is 2.69. The summed E-state index contributed by atoms with van der Waals surface area (Å²) in [5.74, 6) is 0.865. The Kier molecular flexibility index (Phi) is 5.28. The summed E-state index contributed by atoms with van der Waals surface area (Å²) in [5.41, 5.74) is 1.53. The van der Waals surface area contributed by atoms with E-state index in [1.165, 1.54) is 0 Å². The van der Waals surface area contributed by atoms with Crippen LogP contribution in [0.2, 0.25) is 0 Å². The van der Waals surface area contributed by atoms with Crippen molar-refractivity contribution >= 4 is 17.5 Å². The van der Waals surface area contributed by atoms with Crippen LogP contribution in [-0.2, 0) is 16.1 Å².